The van der Waals surface area contributed by atoms with E-state index in [1.807, 2.05) is 6.92 Å². The van der Waals surface area contributed by atoms with Gasteiger partial charge in [0.05, 0.1) is 11.4 Å². The second-order valence-corrected chi connectivity index (χ2v) is 6.12. The fraction of sp³-hybridized carbons (Fsp3) is 0.471. The maximum absolute atomic E-state index is 6.30. The first-order chi connectivity index (χ1) is 10.1. The molecule has 0 aliphatic carbocycles. The normalized spacial score (nSPS) is 15.1. The van der Waals surface area contributed by atoms with Crippen molar-refractivity contribution in [3.05, 3.63) is 41.1 Å². The number of nitrogens with zero attached hydrogens (tertiary/aromatic N) is 3. The number of aromatic nitrogens is 2. The van der Waals surface area contributed by atoms with Crippen LogP contribution in [-0.2, 0) is 12.8 Å². The van der Waals surface area contributed by atoms with E-state index in [0.29, 0.717) is 6.04 Å². The zero-order chi connectivity index (χ0) is 15.0. The Labute approximate surface area is 126 Å². The van der Waals surface area contributed by atoms with E-state index in [9.17, 15) is 0 Å². The SMILES string of the molecule is Cc1nn(C(C)C)c(N2CCc3ccccc3CC2)c1N. The second-order valence-electron chi connectivity index (χ2n) is 6.12. The monoisotopic (exact) mass is 284 g/mol. The van der Waals surface area contributed by atoms with Crippen LogP contribution in [0.2, 0.25) is 0 Å². The smallest absolute Gasteiger partial charge is 0.150 e. The molecule has 4 nitrogen and oxygen atoms in total. The summed E-state index contributed by atoms with van der Waals surface area (Å²) in [4.78, 5) is 2.40. The van der Waals surface area contributed by atoms with E-state index in [4.69, 9.17) is 5.73 Å². The lowest BCUT2D eigenvalue weighted by molar-refractivity contribution is 0.522. The molecule has 21 heavy (non-hydrogen) atoms. The molecule has 2 N–H and O–H groups in total. The molecule has 0 atom stereocenters. The first-order valence-corrected chi connectivity index (χ1v) is 7.74. The van der Waals surface area contributed by atoms with Crippen LogP contribution in [0.25, 0.3) is 0 Å². The van der Waals surface area contributed by atoms with Gasteiger partial charge >= 0.3 is 0 Å². The molecule has 1 aromatic heterocycles. The molecule has 1 aliphatic heterocycles. The molecular formula is C17H24N4. The summed E-state index contributed by atoms with van der Waals surface area (Å²) < 4.78 is 2.07. The van der Waals surface area contributed by atoms with Gasteiger partial charge in [-0.2, -0.15) is 5.10 Å². The van der Waals surface area contributed by atoms with E-state index in [-0.39, 0.29) is 0 Å². The Morgan fingerprint density at radius 2 is 1.67 bits per heavy atom. The quantitative estimate of drug-likeness (QED) is 0.922. The van der Waals surface area contributed by atoms with Crippen LogP contribution in [0.1, 0.15) is 36.7 Å². The molecule has 0 unspecified atom stereocenters. The van der Waals surface area contributed by atoms with E-state index in [2.05, 4.69) is 52.8 Å². The topological polar surface area (TPSA) is 47.1 Å². The number of anilines is 2. The summed E-state index contributed by atoms with van der Waals surface area (Å²) in [7, 11) is 0. The van der Waals surface area contributed by atoms with Crippen molar-refractivity contribution in [3.63, 3.8) is 0 Å². The highest BCUT2D eigenvalue weighted by molar-refractivity contribution is 5.66. The van der Waals surface area contributed by atoms with Crippen LogP contribution in [-0.4, -0.2) is 22.9 Å². The van der Waals surface area contributed by atoms with E-state index >= 15 is 0 Å². The highest BCUT2D eigenvalue weighted by atomic mass is 15.4. The third-order valence-electron chi connectivity index (χ3n) is 4.31. The molecule has 1 aliphatic rings. The molecule has 3 rings (SSSR count). The van der Waals surface area contributed by atoms with Crippen LogP contribution >= 0.6 is 0 Å². The van der Waals surface area contributed by atoms with E-state index in [1.54, 1.807) is 0 Å². The van der Waals surface area contributed by atoms with Crippen molar-refractivity contribution in [1.29, 1.82) is 0 Å². The van der Waals surface area contributed by atoms with Gasteiger partial charge < -0.3 is 10.6 Å². The average molecular weight is 284 g/mol. The van der Waals surface area contributed by atoms with Crippen LogP contribution < -0.4 is 10.6 Å². The number of nitrogen functional groups attached to an aromatic ring is 1. The minimum Gasteiger partial charge on any atom is -0.394 e. The fourth-order valence-corrected chi connectivity index (χ4v) is 3.10. The van der Waals surface area contributed by atoms with Crippen LogP contribution in [0.3, 0.4) is 0 Å². The first kappa shape index (κ1) is 14.0. The molecule has 2 aromatic rings. The maximum Gasteiger partial charge on any atom is 0.150 e. The second kappa shape index (κ2) is 5.43. The van der Waals surface area contributed by atoms with Crippen LogP contribution in [0.15, 0.2) is 24.3 Å². The summed E-state index contributed by atoms with van der Waals surface area (Å²) in [5.41, 5.74) is 11.0. The van der Waals surface area contributed by atoms with Gasteiger partial charge in [-0.25, -0.2) is 4.68 Å². The van der Waals surface area contributed by atoms with Gasteiger partial charge in [-0.1, -0.05) is 24.3 Å². The Morgan fingerprint density at radius 3 is 2.19 bits per heavy atom. The molecule has 1 aromatic carbocycles. The van der Waals surface area contributed by atoms with Gasteiger partial charge in [0.25, 0.3) is 0 Å². The lowest BCUT2D eigenvalue weighted by Crippen LogP contribution is -2.29. The Morgan fingerprint density at radius 1 is 1.10 bits per heavy atom. The predicted molar refractivity (Wildman–Crippen MR) is 87.8 cm³/mol. The summed E-state index contributed by atoms with van der Waals surface area (Å²) in [6.45, 7) is 8.30. The number of rotatable bonds is 2. The number of nitrogens with two attached hydrogens (primary N) is 1. The van der Waals surface area contributed by atoms with Gasteiger partial charge in [0.15, 0.2) is 5.82 Å². The van der Waals surface area contributed by atoms with Crippen molar-refractivity contribution < 1.29 is 0 Å². The van der Waals surface area contributed by atoms with Gasteiger partial charge in [-0.3, -0.25) is 0 Å². The van der Waals surface area contributed by atoms with Crippen molar-refractivity contribution in [1.82, 2.24) is 9.78 Å². The lowest BCUT2D eigenvalue weighted by atomic mass is 10.0. The van der Waals surface area contributed by atoms with Crippen LogP contribution in [0, 0.1) is 6.92 Å². The van der Waals surface area contributed by atoms with Crippen molar-refractivity contribution in [3.8, 4) is 0 Å². The van der Waals surface area contributed by atoms with Crippen molar-refractivity contribution >= 4 is 11.5 Å². The van der Waals surface area contributed by atoms with Gasteiger partial charge in [0, 0.05) is 19.1 Å². The molecule has 0 spiro atoms. The molecule has 0 saturated carbocycles. The number of hydrogen-bond donors (Lipinski definition) is 1. The summed E-state index contributed by atoms with van der Waals surface area (Å²) >= 11 is 0. The predicted octanol–water partition coefficient (Wildman–Crippen LogP) is 2.96. The zero-order valence-corrected chi connectivity index (χ0v) is 13.1. The summed E-state index contributed by atoms with van der Waals surface area (Å²) in [5.74, 6) is 1.09. The molecule has 4 heteroatoms. The minimum atomic E-state index is 0.321. The van der Waals surface area contributed by atoms with Gasteiger partial charge in [0.1, 0.15) is 0 Å². The van der Waals surface area contributed by atoms with Gasteiger partial charge in [0.2, 0.25) is 0 Å². The van der Waals surface area contributed by atoms with E-state index in [0.717, 1.165) is 43.1 Å². The largest absolute Gasteiger partial charge is 0.394 e. The van der Waals surface area contributed by atoms with Crippen molar-refractivity contribution in [2.45, 2.75) is 39.7 Å². The van der Waals surface area contributed by atoms with Crippen LogP contribution in [0.5, 0.6) is 0 Å². The van der Waals surface area contributed by atoms with Gasteiger partial charge in [-0.15, -0.1) is 0 Å². The number of hydrogen-bond acceptors (Lipinski definition) is 3. The minimum absolute atomic E-state index is 0.321. The summed E-state index contributed by atoms with van der Waals surface area (Å²) in [5, 5.41) is 4.61. The molecule has 0 fully saturated rings. The van der Waals surface area contributed by atoms with Gasteiger partial charge in [-0.05, 0) is 44.7 Å². The summed E-state index contributed by atoms with van der Waals surface area (Å²) in [6.07, 6.45) is 2.13. The molecule has 2 heterocycles. The third kappa shape index (κ3) is 2.50. The Hall–Kier alpha value is -1.97. The molecule has 0 bridgehead atoms. The molecule has 0 saturated heterocycles. The lowest BCUT2D eigenvalue weighted by Gasteiger charge is -2.25. The highest BCUT2D eigenvalue weighted by Gasteiger charge is 2.22. The fourth-order valence-electron chi connectivity index (χ4n) is 3.10. The molecular weight excluding hydrogens is 260 g/mol. The summed E-state index contributed by atoms with van der Waals surface area (Å²) in [6, 6.07) is 9.07. The number of fused-ring (bicyclic) bond motifs is 1. The standard InChI is InChI=1S/C17H24N4/c1-12(2)21-17(16(18)13(3)19-21)20-10-8-14-6-4-5-7-15(14)9-11-20/h4-7,12H,8-11,18H2,1-3H3. The number of aryl methyl sites for hydroxylation is 1. The Bertz CT molecular complexity index is 615. The van der Waals surface area contributed by atoms with E-state index < -0.39 is 0 Å². The Balaban J connectivity index is 1.93. The highest BCUT2D eigenvalue weighted by Crippen LogP contribution is 2.31. The molecule has 0 amide bonds. The van der Waals surface area contributed by atoms with Crippen molar-refractivity contribution in [2.24, 2.45) is 0 Å². The van der Waals surface area contributed by atoms with Crippen LogP contribution in [0.4, 0.5) is 11.5 Å². The van der Waals surface area contributed by atoms with Crippen molar-refractivity contribution in [2.75, 3.05) is 23.7 Å². The number of benzene rings is 1. The van der Waals surface area contributed by atoms with E-state index in [1.165, 1.54) is 11.1 Å². The zero-order valence-electron chi connectivity index (χ0n) is 13.1. The molecule has 112 valence electrons. The third-order valence-corrected chi connectivity index (χ3v) is 4.31. The molecule has 0 radical (unpaired) electrons. The average Bonchev–Trinajstić information content (AvgIpc) is 2.66. The Kier molecular flexibility index (Phi) is 3.62. The first-order valence-electron chi connectivity index (χ1n) is 7.74. The maximum atomic E-state index is 6.30.